The summed E-state index contributed by atoms with van der Waals surface area (Å²) in [5, 5.41) is 1.54. The highest BCUT2D eigenvalue weighted by atomic mass is 35.5. The Hall–Kier alpha value is -0.380. The lowest BCUT2D eigenvalue weighted by atomic mass is 9.94. The summed E-state index contributed by atoms with van der Waals surface area (Å²) in [6.07, 6.45) is 8.03. The molecule has 0 aliphatic heterocycles. The van der Waals surface area contributed by atoms with Crippen LogP contribution in [0, 0.1) is 0 Å². The third-order valence-electron chi connectivity index (χ3n) is 4.35. The number of hydrogen-bond acceptors (Lipinski definition) is 2. The summed E-state index contributed by atoms with van der Waals surface area (Å²) in [4.78, 5) is 4.78. The van der Waals surface area contributed by atoms with Gasteiger partial charge in [-0.05, 0) is 37.7 Å². The van der Waals surface area contributed by atoms with Gasteiger partial charge in [-0.2, -0.15) is 11.8 Å². The molecule has 1 aromatic heterocycles. The zero-order valence-corrected chi connectivity index (χ0v) is 14.5. The minimum absolute atomic E-state index is 0.499. The fourth-order valence-corrected chi connectivity index (χ4v) is 4.62. The van der Waals surface area contributed by atoms with Crippen LogP contribution in [0.15, 0.2) is 18.2 Å². The van der Waals surface area contributed by atoms with E-state index in [4.69, 9.17) is 28.2 Å². The molecule has 5 heteroatoms. The second-order valence-corrected chi connectivity index (χ2v) is 7.55. The normalized spacial score (nSPS) is 22.8. The number of aromatic nitrogens is 2. The summed E-state index contributed by atoms with van der Waals surface area (Å²) in [6, 6.07) is 6.48. The predicted molar refractivity (Wildman–Crippen MR) is 94.0 cm³/mol. The summed E-state index contributed by atoms with van der Waals surface area (Å²) >= 11 is 14.4. The maximum Gasteiger partial charge on any atom is 0.111 e. The SMILES string of the molecule is CSC1CCCC(n2c(CCCl)nc3cccc(Cl)c32)C1. The third kappa shape index (κ3) is 3.06. The van der Waals surface area contributed by atoms with Crippen molar-refractivity contribution >= 4 is 46.0 Å². The molecule has 1 aliphatic rings. The molecule has 1 heterocycles. The highest BCUT2D eigenvalue weighted by Gasteiger charge is 2.26. The maximum atomic E-state index is 6.47. The standard InChI is InChI=1S/C16H20Cl2N2S/c1-21-12-5-2-4-11(10-12)20-15(8-9-17)19-14-7-3-6-13(18)16(14)20/h3,6-7,11-12H,2,4-5,8-10H2,1H3. The van der Waals surface area contributed by atoms with Crippen LogP contribution >= 0.6 is 35.0 Å². The number of benzene rings is 1. The zero-order chi connectivity index (χ0) is 14.8. The molecule has 1 aromatic carbocycles. The van der Waals surface area contributed by atoms with Crippen LogP contribution in [0.3, 0.4) is 0 Å². The van der Waals surface area contributed by atoms with Crippen molar-refractivity contribution in [2.75, 3.05) is 12.1 Å². The zero-order valence-electron chi connectivity index (χ0n) is 12.2. The molecule has 0 amide bonds. The largest absolute Gasteiger partial charge is 0.324 e. The van der Waals surface area contributed by atoms with E-state index in [0.29, 0.717) is 11.9 Å². The van der Waals surface area contributed by atoms with E-state index in [1.165, 1.54) is 25.7 Å². The van der Waals surface area contributed by atoms with Gasteiger partial charge in [0.05, 0.1) is 16.1 Å². The van der Waals surface area contributed by atoms with Crippen LogP contribution in [-0.2, 0) is 6.42 Å². The number of rotatable bonds is 4. The monoisotopic (exact) mass is 342 g/mol. The summed E-state index contributed by atoms with van der Waals surface area (Å²) in [7, 11) is 0. The minimum Gasteiger partial charge on any atom is -0.324 e. The summed E-state index contributed by atoms with van der Waals surface area (Å²) in [5.41, 5.74) is 2.08. The molecule has 1 saturated carbocycles. The molecule has 3 rings (SSSR count). The average Bonchev–Trinajstić information content (AvgIpc) is 2.87. The molecule has 1 fully saturated rings. The van der Waals surface area contributed by atoms with Gasteiger partial charge in [0.1, 0.15) is 5.82 Å². The van der Waals surface area contributed by atoms with Crippen LogP contribution in [0.25, 0.3) is 11.0 Å². The molecule has 2 nitrogen and oxygen atoms in total. The lowest BCUT2D eigenvalue weighted by Crippen LogP contribution is -2.22. The predicted octanol–water partition coefficient (Wildman–Crippen LogP) is 5.32. The molecule has 2 atom stereocenters. The molecule has 0 N–H and O–H groups in total. The van der Waals surface area contributed by atoms with E-state index >= 15 is 0 Å². The van der Waals surface area contributed by atoms with E-state index in [2.05, 4.69) is 10.8 Å². The van der Waals surface area contributed by atoms with Crippen LogP contribution < -0.4 is 0 Å². The minimum atomic E-state index is 0.499. The van der Waals surface area contributed by atoms with Crippen LogP contribution in [-0.4, -0.2) is 26.9 Å². The molecule has 21 heavy (non-hydrogen) atoms. The van der Waals surface area contributed by atoms with Gasteiger partial charge < -0.3 is 4.57 Å². The van der Waals surface area contributed by atoms with E-state index in [9.17, 15) is 0 Å². The fraction of sp³-hybridized carbons (Fsp3) is 0.562. The lowest BCUT2D eigenvalue weighted by molar-refractivity contribution is 0.360. The topological polar surface area (TPSA) is 17.8 Å². The van der Waals surface area contributed by atoms with Crippen LogP contribution in [0.1, 0.15) is 37.5 Å². The first kappa shape index (κ1) is 15.5. The highest BCUT2D eigenvalue weighted by Crippen LogP contribution is 2.38. The number of aryl methyl sites for hydroxylation is 1. The van der Waals surface area contributed by atoms with E-state index in [0.717, 1.165) is 33.6 Å². The number of alkyl halides is 1. The fourth-order valence-electron chi connectivity index (χ4n) is 3.38. The molecule has 114 valence electrons. The van der Waals surface area contributed by atoms with Crippen molar-refractivity contribution in [1.29, 1.82) is 0 Å². The first-order valence-corrected chi connectivity index (χ1v) is 9.68. The van der Waals surface area contributed by atoms with Crippen molar-refractivity contribution in [3.63, 3.8) is 0 Å². The second-order valence-electron chi connectivity index (χ2n) is 5.62. The highest BCUT2D eigenvalue weighted by molar-refractivity contribution is 7.99. The van der Waals surface area contributed by atoms with Crippen LogP contribution in [0.4, 0.5) is 0 Å². The third-order valence-corrected chi connectivity index (χ3v) is 5.94. The number of para-hydroxylation sites is 1. The molecule has 0 bridgehead atoms. The van der Waals surface area contributed by atoms with Gasteiger partial charge in [0.25, 0.3) is 0 Å². The number of fused-ring (bicyclic) bond motifs is 1. The van der Waals surface area contributed by atoms with Crippen molar-refractivity contribution < 1.29 is 0 Å². The molecular weight excluding hydrogens is 323 g/mol. The Balaban J connectivity index is 2.08. The Kier molecular flexibility index (Phi) is 5.03. The number of thioether (sulfide) groups is 1. The molecule has 0 saturated heterocycles. The number of nitrogens with zero attached hydrogens (tertiary/aromatic N) is 2. The van der Waals surface area contributed by atoms with Gasteiger partial charge in [0.2, 0.25) is 0 Å². The molecule has 2 unspecified atom stereocenters. The molecular formula is C16H20Cl2N2S. The Morgan fingerprint density at radius 3 is 3.00 bits per heavy atom. The van der Waals surface area contributed by atoms with Crippen molar-refractivity contribution in [2.45, 2.75) is 43.4 Å². The molecule has 0 spiro atoms. The summed E-state index contributed by atoms with van der Waals surface area (Å²) in [5.74, 6) is 1.68. The van der Waals surface area contributed by atoms with Crippen LogP contribution in [0.5, 0.6) is 0 Å². The molecule has 1 aliphatic carbocycles. The van der Waals surface area contributed by atoms with Crippen molar-refractivity contribution in [1.82, 2.24) is 9.55 Å². The van der Waals surface area contributed by atoms with Gasteiger partial charge in [-0.25, -0.2) is 4.98 Å². The first-order valence-electron chi connectivity index (χ1n) is 7.48. The van der Waals surface area contributed by atoms with Gasteiger partial charge in [0.15, 0.2) is 0 Å². The Morgan fingerprint density at radius 2 is 2.24 bits per heavy atom. The Bertz CT molecular complexity index is 626. The second kappa shape index (κ2) is 6.80. The van der Waals surface area contributed by atoms with Gasteiger partial charge in [-0.3, -0.25) is 0 Å². The smallest absolute Gasteiger partial charge is 0.111 e. The maximum absolute atomic E-state index is 6.47. The van der Waals surface area contributed by atoms with Crippen LogP contribution in [0.2, 0.25) is 5.02 Å². The van der Waals surface area contributed by atoms with E-state index in [-0.39, 0.29) is 0 Å². The van der Waals surface area contributed by atoms with Crippen molar-refractivity contribution in [2.24, 2.45) is 0 Å². The Morgan fingerprint density at radius 1 is 1.38 bits per heavy atom. The lowest BCUT2D eigenvalue weighted by Gasteiger charge is -2.30. The van der Waals surface area contributed by atoms with E-state index in [1.807, 2.05) is 30.0 Å². The summed E-state index contributed by atoms with van der Waals surface area (Å²) < 4.78 is 2.38. The van der Waals surface area contributed by atoms with Gasteiger partial charge in [-0.1, -0.05) is 24.1 Å². The van der Waals surface area contributed by atoms with Gasteiger partial charge in [0, 0.05) is 23.6 Å². The average molecular weight is 343 g/mol. The number of imidazole rings is 1. The van der Waals surface area contributed by atoms with E-state index in [1.54, 1.807) is 0 Å². The summed E-state index contributed by atoms with van der Waals surface area (Å²) in [6.45, 7) is 0. The van der Waals surface area contributed by atoms with Crippen molar-refractivity contribution in [3.8, 4) is 0 Å². The number of hydrogen-bond donors (Lipinski definition) is 0. The molecule has 0 radical (unpaired) electrons. The molecule has 2 aromatic rings. The number of halogens is 2. The van der Waals surface area contributed by atoms with E-state index < -0.39 is 0 Å². The van der Waals surface area contributed by atoms with Gasteiger partial charge >= 0.3 is 0 Å². The quantitative estimate of drug-likeness (QED) is 0.700. The van der Waals surface area contributed by atoms with Crippen molar-refractivity contribution in [3.05, 3.63) is 29.0 Å². The Labute approximate surface area is 140 Å². The first-order chi connectivity index (χ1) is 10.2. The van der Waals surface area contributed by atoms with Gasteiger partial charge in [-0.15, -0.1) is 11.6 Å².